The molecule has 2 aromatic rings. The van der Waals surface area contributed by atoms with Crippen LogP contribution in [0.1, 0.15) is 41.1 Å². The molecule has 1 aromatic carbocycles. The predicted molar refractivity (Wildman–Crippen MR) is 93.7 cm³/mol. The van der Waals surface area contributed by atoms with Crippen LogP contribution in [-0.2, 0) is 0 Å². The fraction of sp³-hybridized carbons (Fsp3) is 0.267. The van der Waals surface area contributed by atoms with E-state index in [0.717, 1.165) is 6.42 Å². The molecule has 0 aliphatic carbocycles. The molecule has 2 N–H and O–H groups in total. The normalized spacial score (nSPS) is 11.8. The Balaban J connectivity index is 2.05. The van der Waals surface area contributed by atoms with Crippen molar-refractivity contribution < 1.29 is 9.59 Å². The summed E-state index contributed by atoms with van der Waals surface area (Å²) >= 11 is 12.9. The molecule has 1 aromatic heterocycles. The summed E-state index contributed by atoms with van der Waals surface area (Å²) < 4.78 is 0. The third kappa shape index (κ3) is 4.67. The second-order valence-electron chi connectivity index (χ2n) is 4.90. The van der Waals surface area contributed by atoms with Crippen LogP contribution in [0.5, 0.6) is 0 Å². The van der Waals surface area contributed by atoms with E-state index in [1.54, 1.807) is 17.5 Å². The quantitative estimate of drug-likeness (QED) is 0.825. The van der Waals surface area contributed by atoms with Crippen LogP contribution in [0.2, 0.25) is 10.0 Å². The highest BCUT2D eigenvalue weighted by Crippen LogP contribution is 2.23. The van der Waals surface area contributed by atoms with Crippen molar-refractivity contribution in [3.05, 3.63) is 44.9 Å². The number of thiazole rings is 1. The Bertz CT molecular complexity index is 733. The van der Waals surface area contributed by atoms with Crippen LogP contribution < -0.4 is 10.6 Å². The third-order valence-corrected chi connectivity index (χ3v) is 4.63. The summed E-state index contributed by atoms with van der Waals surface area (Å²) in [6.45, 7) is 3.89. The minimum atomic E-state index is -0.369. The van der Waals surface area contributed by atoms with E-state index in [1.165, 1.54) is 17.4 Å². The lowest BCUT2D eigenvalue weighted by atomic mass is 10.2. The highest BCUT2D eigenvalue weighted by Gasteiger charge is 2.15. The average Bonchev–Trinajstić information content (AvgIpc) is 2.98. The minimum Gasteiger partial charge on any atom is -0.348 e. The lowest BCUT2D eigenvalue weighted by Gasteiger charge is -2.09. The van der Waals surface area contributed by atoms with E-state index in [0.29, 0.717) is 20.7 Å². The summed E-state index contributed by atoms with van der Waals surface area (Å²) in [6, 6.07) is 4.65. The Kier molecular flexibility index (Phi) is 5.98. The molecule has 0 bridgehead atoms. The lowest BCUT2D eigenvalue weighted by Crippen LogP contribution is -2.32. The first-order valence-electron chi connectivity index (χ1n) is 6.93. The number of nitrogens with one attached hydrogen (secondary N) is 2. The number of carbonyl (C=O) groups excluding carboxylic acids is 2. The van der Waals surface area contributed by atoms with E-state index < -0.39 is 0 Å². The molecular weight excluding hydrogens is 357 g/mol. The predicted octanol–water partition coefficient (Wildman–Crippen LogP) is 4.23. The maximum Gasteiger partial charge on any atom is 0.271 e. The molecule has 122 valence electrons. The SMILES string of the molecule is CCC(C)NC(=O)c1csc(NC(=O)c2ccc(Cl)c(Cl)c2)n1. The van der Waals surface area contributed by atoms with Crippen LogP contribution >= 0.6 is 34.5 Å². The van der Waals surface area contributed by atoms with Crippen LogP contribution in [0.4, 0.5) is 5.13 Å². The molecule has 0 saturated heterocycles. The molecule has 1 heterocycles. The van der Waals surface area contributed by atoms with Crippen LogP contribution in [0.3, 0.4) is 0 Å². The molecule has 2 amide bonds. The molecule has 0 radical (unpaired) electrons. The largest absolute Gasteiger partial charge is 0.348 e. The molecule has 0 aliphatic rings. The van der Waals surface area contributed by atoms with Crippen molar-refractivity contribution in [1.29, 1.82) is 0 Å². The van der Waals surface area contributed by atoms with Crippen LogP contribution in [0, 0.1) is 0 Å². The smallest absolute Gasteiger partial charge is 0.271 e. The van der Waals surface area contributed by atoms with Gasteiger partial charge in [0.15, 0.2) is 5.13 Å². The van der Waals surface area contributed by atoms with Gasteiger partial charge in [0.05, 0.1) is 10.0 Å². The van der Waals surface area contributed by atoms with Gasteiger partial charge in [-0.1, -0.05) is 30.1 Å². The van der Waals surface area contributed by atoms with Crippen molar-refractivity contribution in [1.82, 2.24) is 10.3 Å². The second kappa shape index (κ2) is 7.77. The summed E-state index contributed by atoms with van der Waals surface area (Å²) in [5.74, 6) is -0.627. The molecule has 23 heavy (non-hydrogen) atoms. The monoisotopic (exact) mass is 371 g/mol. The van der Waals surface area contributed by atoms with Crippen LogP contribution in [0.25, 0.3) is 0 Å². The van der Waals surface area contributed by atoms with Crippen molar-refractivity contribution in [2.45, 2.75) is 26.3 Å². The Morgan fingerprint density at radius 1 is 1.26 bits per heavy atom. The molecule has 0 spiro atoms. The van der Waals surface area contributed by atoms with Crippen molar-refractivity contribution in [2.24, 2.45) is 0 Å². The Morgan fingerprint density at radius 3 is 2.65 bits per heavy atom. The van der Waals surface area contributed by atoms with E-state index in [1.807, 2.05) is 13.8 Å². The fourth-order valence-corrected chi connectivity index (χ4v) is 2.63. The van der Waals surface area contributed by atoms with Crippen molar-refractivity contribution in [2.75, 3.05) is 5.32 Å². The number of rotatable bonds is 5. The zero-order chi connectivity index (χ0) is 17.0. The molecular formula is C15H15Cl2N3O2S. The number of hydrogen-bond donors (Lipinski definition) is 2. The number of halogens is 2. The number of benzene rings is 1. The van der Waals surface area contributed by atoms with Gasteiger partial charge < -0.3 is 5.32 Å². The van der Waals surface area contributed by atoms with Gasteiger partial charge in [0.1, 0.15) is 5.69 Å². The fourth-order valence-electron chi connectivity index (χ4n) is 1.64. The third-order valence-electron chi connectivity index (χ3n) is 3.13. The van der Waals surface area contributed by atoms with E-state index >= 15 is 0 Å². The first-order valence-corrected chi connectivity index (χ1v) is 8.57. The van der Waals surface area contributed by atoms with Gasteiger partial charge in [0.25, 0.3) is 11.8 Å². The van der Waals surface area contributed by atoms with E-state index in [-0.39, 0.29) is 23.6 Å². The second-order valence-corrected chi connectivity index (χ2v) is 6.58. The summed E-state index contributed by atoms with van der Waals surface area (Å²) in [5, 5.41) is 8.07. The van der Waals surface area contributed by atoms with E-state index in [9.17, 15) is 9.59 Å². The highest BCUT2D eigenvalue weighted by molar-refractivity contribution is 7.14. The zero-order valence-corrected chi connectivity index (χ0v) is 14.9. The Labute approximate surface area is 148 Å². The number of anilines is 1. The van der Waals surface area contributed by atoms with E-state index in [4.69, 9.17) is 23.2 Å². The van der Waals surface area contributed by atoms with Gasteiger partial charge >= 0.3 is 0 Å². The van der Waals surface area contributed by atoms with Crippen LogP contribution in [-0.4, -0.2) is 22.8 Å². The molecule has 5 nitrogen and oxygen atoms in total. The molecule has 0 saturated carbocycles. The van der Waals surface area contributed by atoms with Gasteiger partial charge in [0.2, 0.25) is 0 Å². The summed E-state index contributed by atoms with van der Waals surface area (Å²) in [6.07, 6.45) is 0.830. The molecule has 1 atom stereocenters. The average molecular weight is 372 g/mol. The summed E-state index contributed by atoms with van der Waals surface area (Å²) in [4.78, 5) is 28.2. The van der Waals surface area contributed by atoms with Crippen molar-refractivity contribution in [3.8, 4) is 0 Å². The standard InChI is InChI=1S/C15H15Cl2N3O2S/c1-3-8(2)18-14(22)12-7-23-15(19-12)20-13(21)9-4-5-10(16)11(17)6-9/h4-8H,3H2,1-2H3,(H,18,22)(H,19,20,21). The first kappa shape index (κ1) is 17.7. The minimum absolute atomic E-state index is 0.0680. The molecule has 0 fully saturated rings. The topological polar surface area (TPSA) is 71.1 Å². The van der Waals surface area contributed by atoms with E-state index in [2.05, 4.69) is 15.6 Å². The Morgan fingerprint density at radius 2 is 2.00 bits per heavy atom. The highest BCUT2D eigenvalue weighted by atomic mass is 35.5. The van der Waals surface area contributed by atoms with Crippen molar-refractivity contribution >= 4 is 51.5 Å². The van der Waals surface area contributed by atoms with Gasteiger partial charge in [-0.15, -0.1) is 11.3 Å². The van der Waals surface area contributed by atoms with Crippen LogP contribution in [0.15, 0.2) is 23.6 Å². The number of carbonyl (C=O) groups is 2. The number of aromatic nitrogens is 1. The number of nitrogens with zero attached hydrogens (tertiary/aromatic N) is 1. The Hall–Kier alpha value is -1.63. The van der Waals surface area contributed by atoms with Gasteiger partial charge in [-0.3, -0.25) is 14.9 Å². The first-order chi connectivity index (χ1) is 10.9. The molecule has 1 unspecified atom stereocenters. The molecule has 2 rings (SSSR count). The van der Waals surface area contributed by atoms with Gasteiger partial charge in [-0.25, -0.2) is 4.98 Å². The summed E-state index contributed by atoms with van der Waals surface area (Å²) in [5.41, 5.74) is 0.639. The van der Waals surface area contributed by atoms with Gasteiger partial charge in [0, 0.05) is 17.0 Å². The zero-order valence-electron chi connectivity index (χ0n) is 12.5. The molecule has 0 aliphatic heterocycles. The molecule has 8 heteroatoms. The van der Waals surface area contributed by atoms with Crippen molar-refractivity contribution in [3.63, 3.8) is 0 Å². The van der Waals surface area contributed by atoms with Gasteiger partial charge in [-0.05, 0) is 31.5 Å². The lowest BCUT2D eigenvalue weighted by molar-refractivity contribution is 0.0933. The summed E-state index contributed by atoms with van der Waals surface area (Å²) in [7, 11) is 0. The van der Waals surface area contributed by atoms with Gasteiger partial charge in [-0.2, -0.15) is 0 Å². The number of hydrogen-bond acceptors (Lipinski definition) is 4. The maximum absolute atomic E-state index is 12.1. The number of amides is 2. The maximum atomic E-state index is 12.1.